The van der Waals surface area contributed by atoms with Crippen LogP contribution in [0, 0.1) is 5.92 Å². The van der Waals surface area contributed by atoms with Crippen LogP contribution in [0.5, 0.6) is 11.5 Å². The van der Waals surface area contributed by atoms with E-state index in [-0.39, 0.29) is 35.9 Å². The van der Waals surface area contributed by atoms with Gasteiger partial charge in [-0.3, -0.25) is 9.59 Å². The third kappa shape index (κ3) is 6.71. The fourth-order valence-electron chi connectivity index (χ4n) is 5.54. The topological polar surface area (TPSA) is 133 Å². The molecule has 4 rings (SSSR count). The summed E-state index contributed by atoms with van der Waals surface area (Å²) in [5, 5.41) is 12.9. The normalized spacial score (nSPS) is 27.6. The van der Waals surface area contributed by atoms with Crippen molar-refractivity contribution in [3.63, 3.8) is 0 Å². The lowest BCUT2D eigenvalue weighted by Crippen LogP contribution is -2.47. The Bertz CT molecular complexity index is 958. The van der Waals surface area contributed by atoms with Gasteiger partial charge in [0, 0.05) is 12.3 Å². The number of hydrogen-bond acceptors (Lipinski definition) is 9. The molecule has 1 amide bonds. The van der Waals surface area contributed by atoms with Gasteiger partial charge in [-0.15, -0.1) is 0 Å². The minimum atomic E-state index is -0.959. The smallest absolute Gasteiger partial charge is 0.329 e. The first-order valence-corrected chi connectivity index (χ1v) is 13.5. The molecule has 2 heterocycles. The zero-order valence-electron chi connectivity index (χ0n) is 21.6. The predicted molar refractivity (Wildman–Crippen MR) is 132 cm³/mol. The van der Waals surface area contributed by atoms with Gasteiger partial charge < -0.3 is 29.4 Å². The van der Waals surface area contributed by atoms with Crippen molar-refractivity contribution in [3.05, 3.63) is 18.0 Å². The van der Waals surface area contributed by atoms with E-state index in [0.29, 0.717) is 12.8 Å². The molecule has 2 N–H and O–H groups in total. The lowest BCUT2D eigenvalue weighted by molar-refractivity contribution is -0.184. The van der Waals surface area contributed by atoms with Crippen LogP contribution in [-0.2, 0) is 23.8 Å². The van der Waals surface area contributed by atoms with Gasteiger partial charge in [-0.25, -0.2) is 9.78 Å². The largest absolute Gasteiger partial charge is 0.503 e. The van der Waals surface area contributed by atoms with E-state index >= 15 is 0 Å². The predicted octanol–water partition coefficient (Wildman–Crippen LogP) is 3.44. The Morgan fingerprint density at radius 3 is 2.46 bits per heavy atom. The maximum Gasteiger partial charge on any atom is 0.329 e. The second-order valence-corrected chi connectivity index (χ2v) is 10.3. The van der Waals surface area contributed by atoms with Crippen LogP contribution in [0.3, 0.4) is 0 Å². The molecule has 10 heteroatoms. The number of cyclic esters (lactones) is 1. The van der Waals surface area contributed by atoms with Gasteiger partial charge in [0.2, 0.25) is 0 Å². The summed E-state index contributed by atoms with van der Waals surface area (Å²) in [5.74, 6) is -1.92. The SMILES string of the molecule is COc1ccnc(C(=O)N[C@H]2CCC[C@H](OC(=O)C3CCCC3)[C@@H](OC3CCCC3)[C@H](C)OC2=O)c1O. The van der Waals surface area contributed by atoms with Crippen molar-refractivity contribution in [2.45, 2.75) is 108 Å². The summed E-state index contributed by atoms with van der Waals surface area (Å²) in [7, 11) is 1.37. The molecule has 0 unspecified atom stereocenters. The first-order chi connectivity index (χ1) is 17.9. The minimum Gasteiger partial charge on any atom is -0.503 e. The molecule has 0 aromatic carbocycles. The number of aromatic nitrogens is 1. The summed E-state index contributed by atoms with van der Waals surface area (Å²) in [4.78, 5) is 42.8. The molecular formula is C27H38N2O8. The van der Waals surface area contributed by atoms with Crippen LogP contribution >= 0.6 is 0 Å². The molecule has 3 fully saturated rings. The van der Waals surface area contributed by atoms with Crippen LogP contribution in [0.2, 0.25) is 0 Å². The Labute approximate surface area is 217 Å². The number of pyridine rings is 1. The zero-order valence-corrected chi connectivity index (χ0v) is 21.6. The molecule has 1 aliphatic heterocycles. The highest BCUT2D eigenvalue weighted by Gasteiger charge is 2.40. The Morgan fingerprint density at radius 1 is 1.05 bits per heavy atom. The third-order valence-corrected chi connectivity index (χ3v) is 7.63. The van der Waals surface area contributed by atoms with Crippen molar-refractivity contribution in [2.24, 2.45) is 5.92 Å². The van der Waals surface area contributed by atoms with Gasteiger partial charge in [-0.05, 0) is 51.9 Å². The number of ether oxygens (including phenoxy) is 4. The van der Waals surface area contributed by atoms with Crippen molar-refractivity contribution >= 4 is 17.8 Å². The Balaban J connectivity index is 1.49. The van der Waals surface area contributed by atoms with Gasteiger partial charge in [0.05, 0.1) is 19.1 Å². The number of esters is 2. The quantitative estimate of drug-likeness (QED) is 0.521. The van der Waals surface area contributed by atoms with Crippen molar-refractivity contribution in [3.8, 4) is 11.5 Å². The summed E-state index contributed by atoms with van der Waals surface area (Å²) < 4.78 is 23.3. The lowest BCUT2D eigenvalue weighted by Gasteiger charge is -2.33. The lowest BCUT2D eigenvalue weighted by atomic mass is 10.0. The molecule has 0 spiro atoms. The summed E-state index contributed by atoms with van der Waals surface area (Å²) in [5.41, 5.74) is -0.245. The molecule has 1 aromatic rings. The molecule has 2 saturated carbocycles. The van der Waals surface area contributed by atoms with Crippen molar-refractivity contribution in [1.29, 1.82) is 0 Å². The van der Waals surface area contributed by atoms with E-state index < -0.39 is 42.0 Å². The maximum atomic E-state index is 13.1. The average Bonchev–Trinajstić information content (AvgIpc) is 3.60. The second-order valence-electron chi connectivity index (χ2n) is 10.3. The molecule has 0 bridgehead atoms. The van der Waals surface area contributed by atoms with E-state index in [1.807, 2.05) is 0 Å². The van der Waals surface area contributed by atoms with Gasteiger partial charge in [-0.1, -0.05) is 25.7 Å². The number of nitrogens with one attached hydrogen (secondary N) is 1. The summed E-state index contributed by atoms with van der Waals surface area (Å²) in [6, 6.07) is 0.471. The van der Waals surface area contributed by atoms with Gasteiger partial charge in [-0.2, -0.15) is 0 Å². The molecule has 10 nitrogen and oxygen atoms in total. The Hall–Kier alpha value is -2.88. The zero-order chi connectivity index (χ0) is 26.4. The highest BCUT2D eigenvalue weighted by atomic mass is 16.6. The highest BCUT2D eigenvalue weighted by Crippen LogP contribution is 2.32. The number of carbonyl (C=O) groups excluding carboxylic acids is 3. The Morgan fingerprint density at radius 2 is 1.76 bits per heavy atom. The monoisotopic (exact) mass is 518 g/mol. The number of nitrogens with zero attached hydrogens (tertiary/aromatic N) is 1. The third-order valence-electron chi connectivity index (χ3n) is 7.63. The number of amides is 1. The maximum absolute atomic E-state index is 13.1. The molecule has 204 valence electrons. The van der Waals surface area contributed by atoms with Crippen LogP contribution in [0.15, 0.2) is 12.3 Å². The van der Waals surface area contributed by atoms with Gasteiger partial charge in [0.25, 0.3) is 5.91 Å². The number of methoxy groups -OCH3 is 1. The summed E-state index contributed by atoms with van der Waals surface area (Å²) in [6.07, 6.45) is 8.55. The highest BCUT2D eigenvalue weighted by molar-refractivity contribution is 5.97. The van der Waals surface area contributed by atoms with Gasteiger partial charge in [0.15, 0.2) is 17.2 Å². The van der Waals surface area contributed by atoms with Crippen LogP contribution in [0.4, 0.5) is 0 Å². The number of carbonyl (C=O) groups is 3. The summed E-state index contributed by atoms with van der Waals surface area (Å²) in [6.45, 7) is 1.74. The number of rotatable bonds is 7. The second kappa shape index (κ2) is 12.6. The van der Waals surface area contributed by atoms with E-state index in [4.69, 9.17) is 18.9 Å². The minimum absolute atomic E-state index is 0.0391. The molecule has 4 atom stereocenters. The Kier molecular flexibility index (Phi) is 9.23. The van der Waals surface area contributed by atoms with Crippen LogP contribution in [0.25, 0.3) is 0 Å². The number of hydrogen-bond donors (Lipinski definition) is 2. The molecular weight excluding hydrogens is 480 g/mol. The molecule has 1 aromatic heterocycles. The molecule has 1 saturated heterocycles. The fraction of sp³-hybridized carbons (Fsp3) is 0.704. The fourth-order valence-corrected chi connectivity index (χ4v) is 5.54. The van der Waals surface area contributed by atoms with Gasteiger partial charge >= 0.3 is 11.9 Å². The van der Waals surface area contributed by atoms with Crippen molar-refractivity contribution in [2.75, 3.05) is 7.11 Å². The van der Waals surface area contributed by atoms with E-state index in [1.165, 1.54) is 19.4 Å². The van der Waals surface area contributed by atoms with Crippen molar-refractivity contribution < 1.29 is 38.4 Å². The van der Waals surface area contributed by atoms with Crippen LogP contribution < -0.4 is 10.1 Å². The van der Waals surface area contributed by atoms with Crippen molar-refractivity contribution in [1.82, 2.24) is 10.3 Å². The number of aromatic hydroxyl groups is 1. The van der Waals surface area contributed by atoms with Crippen LogP contribution in [-0.4, -0.2) is 65.5 Å². The van der Waals surface area contributed by atoms with Gasteiger partial charge in [0.1, 0.15) is 24.4 Å². The van der Waals surface area contributed by atoms with Crippen LogP contribution in [0.1, 0.15) is 88.0 Å². The van der Waals surface area contributed by atoms with E-state index in [9.17, 15) is 19.5 Å². The average molecular weight is 519 g/mol. The first-order valence-electron chi connectivity index (χ1n) is 13.5. The molecule has 2 aliphatic carbocycles. The van der Waals surface area contributed by atoms with E-state index in [1.54, 1.807) is 6.92 Å². The summed E-state index contributed by atoms with van der Waals surface area (Å²) >= 11 is 0. The first kappa shape index (κ1) is 27.2. The van der Waals surface area contributed by atoms with E-state index in [2.05, 4.69) is 10.3 Å². The van der Waals surface area contributed by atoms with E-state index in [0.717, 1.165) is 51.4 Å². The molecule has 0 radical (unpaired) electrons. The molecule has 37 heavy (non-hydrogen) atoms. The standard InChI is InChI=1S/C27H38N2O8/c1-16-24(36-18-10-5-6-11-18)21(37-26(32)17-8-3-4-9-17)13-7-12-19(27(33)35-16)29-25(31)22-23(30)20(34-2)14-15-28-22/h14-19,21,24,30H,3-13H2,1-2H3,(H,29,31)/t16-,19-,21-,24-/m0/s1. The molecule has 3 aliphatic rings.